The lowest BCUT2D eigenvalue weighted by molar-refractivity contribution is -0.126. The fourth-order valence-electron chi connectivity index (χ4n) is 6.27. The molecule has 2 aromatic carbocycles. The smallest absolute Gasteiger partial charge is 0.393 e. The number of nitrogens with one attached hydrogen (secondary N) is 2. The van der Waals surface area contributed by atoms with Crippen LogP contribution in [0, 0.1) is 11.8 Å². The average molecular weight is 665 g/mol. The first-order valence-electron chi connectivity index (χ1n) is 15.2. The maximum Gasteiger partial charge on any atom is 0.393 e. The van der Waals surface area contributed by atoms with Crippen molar-refractivity contribution in [3.8, 4) is 17.6 Å². The standard InChI is InChI=1S/C33H41F4N4O2PS/c1-40(2)22-13-17-44(42,18-14-22)23-10-11-28(30(19-23)43-4)38-15-6-9-31-25(20-33(35,36)37)24-7-5-8-29(32(24)45-31)39-27-12-16-41(3)21-26(27)34/h5,7-8,10-11,19,22,26-27,38-39H,12-18,20-21H2,1-4H3/t22?,26-,27-,44?/m1/s1. The Balaban J connectivity index is 1.34. The normalized spacial score (nSPS) is 24.3. The lowest BCUT2D eigenvalue weighted by atomic mass is 10.0. The lowest BCUT2D eigenvalue weighted by Gasteiger charge is -2.33. The van der Waals surface area contributed by atoms with Gasteiger partial charge in [0, 0.05) is 36.8 Å². The number of ether oxygens (including phenoxy) is 1. The van der Waals surface area contributed by atoms with Gasteiger partial charge in [-0.1, -0.05) is 24.0 Å². The summed E-state index contributed by atoms with van der Waals surface area (Å²) < 4.78 is 75.8. The highest BCUT2D eigenvalue weighted by Gasteiger charge is 2.34. The van der Waals surface area contributed by atoms with E-state index in [9.17, 15) is 22.1 Å². The molecule has 0 unspecified atom stereocenters. The fourth-order valence-corrected chi connectivity index (χ4v) is 10.3. The van der Waals surface area contributed by atoms with Crippen molar-refractivity contribution in [1.29, 1.82) is 0 Å². The van der Waals surface area contributed by atoms with Crippen LogP contribution in [0.1, 0.15) is 29.7 Å². The summed E-state index contributed by atoms with van der Waals surface area (Å²) in [6.45, 7) is 1.22. The molecule has 0 spiro atoms. The predicted octanol–water partition coefficient (Wildman–Crippen LogP) is 6.64. The highest BCUT2D eigenvalue weighted by molar-refractivity contribution is 7.71. The van der Waals surface area contributed by atoms with Gasteiger partial charge in [-0.05, 0) is 75.6 Å². The lowest BCUT2D eigenvalue weighted by Crippen LogP contribution is -2.46. The number of alkyl halides is 4. The molecule has 3 aromatic rings. The van der Waals surface area contributed by atoms with Gasteiger partial charge in [-0.25, -0.2) is 4.39 Å². The second-order valence-corrected chi connectivity index (χ2v) is 16.5. The Kier molecular flexibility index (Phi) is 10.4. The van der Waals surface area contributed by atoms with Crippen molar-refractivity contribution in [3.63, 3.8) is 0 Å². The molecule has 2 N–H and O–H groups in total. The molecule has 0 radical (unpaired) electrons. The number of methoxy groups -OCH3 is 1. The molecule has 0 amide bonds. The van der Waals surface area contributed by atoms with Crippen molar-refractivity contribution in [3.05, 3.63) is 46.8 Å². The number of piperidine rings is 1. The molecule has 5 rings (SSSR count). The number of thiophene rings is 1. The topological polar surface area (TPSA) is 56.8 Å². The Bertz CT molecular complexity index is 1600. The Morgan fingerprint density at radius 2 is 1.89 bits per heavy atom. The number of nitrogens with zero attached hydrogens (tertiary/aromatic N) is 2. The van der Waals surface area contributed by atoms with Crippen molar-refractivity contribution >= 4 is 45.2 Å². The van der Waals surface area contributed by atoms with E-state index in [0.29, 0.717) is 63.4 Å². The SMILES string of the molecule is COc1cc(P2(=O)CCC(N(C)C)CC2)ccc1NCC#Cc1sc2c(N[C@@H]3CCN(C)C[C@H]3F)cccc2c1CC(F)(F)F. The van der Waals surface area contributed by atoms with Gasteiger partial charge in [0.25, 0.3) is 0 Å². The number of likely N-dealkylation sites (tertiary alicyclic amines) is 1. The fraction of sp³-hybridized carbons (Fsp3) is 0.515. The summed E-state index contributed by atoms with van der Waals surface area (Å²) >= 11 is 1.20. The first kappa shape index (κ1) is 33.6. The second-order valence-electron chi connectivity index (χ2n) is 12.3. The molecule has 1 aromatic heterocycles. The minimum Gasteiger partial charge on any atom is -0.495 e. The van der Waals surface area contributed by atoms with Crippen LogP contribution >= 0.6 is 18.5 Å². The molecule has 2 atom stereocenters. The third-order valence-electron chi connectivity index (χ3n) is 8.88. The zero-order chi connectivity index (χ0) is 32.4. The van der Waals surface area contributed by atoms with Crippen molar-refractivity contribution in [2.45, 2.75) is 50.1 Å². The van der Waals surface area contributed by atoms with Crippen molar-refractivity contribution in [2.75, 3.05) is 70.8 Å². The number of anilines is 2. The van der Waals surface area contributed by atoms with Crippen LogP contribution < -0.4 is 20.7 Å². The zero-order valence-corrected chi connectivity index (χ0v) is 27.8. The molecule has 3 heterocycles. The predicted molar refractivity (Wildman–Crippen MR) is 178 cm³/mol. The van der Waals surface area contributed by atoms with Crippen molar-refractivity contribution in [2.24, 2.45) is 0 Å². The van der Waals surface area contributed by atoms with Gasteiger partial charge in [0.15, 0.2) is 0 Å². The highest BCUT2D eigenvalue weighted by atomic mass is 32.1. The third kappa shape index (κ3) is 7.97. The van der Waals surface area contributed by atoms with Gasteiger partial charge in [0.1, 0.15) is 19.1 Å². The van der Waals surface area contributed by atoms with E-state index in [-0.39, 0.29) is 12.1 Å². The molecule has 244 valence electrons. The highest BCUT2D eigenvalue weighted by Crippen LogP contribution is 2.50. The molecule has 2 aliphatic heterocycles. The molecule has 2 saturated heterocycles. The number of hydrogen-bond acceptors (Lipinski definition) is 7. The van der Waals surface area contributed by atoms with E-state index >= 15 is 0 Å². The Labute approximate surface area is 266 Å². The molecule has 45 heavy (non-hydrogen) atoms. The van der Waals surface area contributed by atoms with E-state index in [2.05, 4.69) is 41.5 Å². The Morgan fingerprint density at radius 1 is 1.13 bits per heavy atom. The maximum atomic E-state index is 14.8. The van der Waals surface area contributed by atoms with E-state index in [1.807, 2.05) is 30.1 Å². The van der Waals surface area contributed by atoms with Gasteiger partial charge in [-0.15, -0.1) is 11.3 Å². The Hall–Kier alpha value is -2.77. The minimum atomic E-state index is -4.41. The van der Waals surface area contributed by atoms with Crippen LogP contribution in [0.5, 0.6) is 5.75 Å². The number of halogens is 4. The molecule has 6 nitrogen and oxygen atoms in total. The number of rotatable bonds is 8. The zero-order valence-electron chi connectivity index (χ0n) is 26.1. The van der Waals surface area contributed by atoms with Gasteiger partial charge in [-0.3, -0.25) is 0 Å². The van der Waals surface area contributed by atoms with Crippen LogP contribution in [-0.4, -0.2) is 94.4 Å². The van der Waals surface area contributed by atoms with Crippen LogP contribution in [0.2, 0.25) is 0 Å². The van der Waals surface area contributed by atoms with E-state index < -0.39 is 32.0 Å². The number of fused-ring (bicyclic) bond motifs is 1. The number of benzene rings is 2. The first-order valence-corrected chi connectivity index (χ1v) is 18.1. The van der Waals surface area contributed by atoms with Crippen LogP contribution in [0.15, 0.2) is 36.4 Å². The summed E-state index contributed by atoms with van der Waals surface area (Å²) in [5.74, 6) is 6.50. The van der Waals surface area contributed by atoms with E-state index in [4.69, 9.17) is 4.74 Å². The van der Waals surface area contributed by atoms with Crippen LogP contribution in [0.4, 0.5) is 28.9 Å². The van der Waals surface area contributed by atoms with Crippen molar-refractivity contribution < 1.29 is 26.9 Å². The molecular formula is C33H41F4N4O2PS. The summed E-state index contributed by atoms with van der Waals surface area (Å²) in [5, 5.41) is 7.76. The van der Waals surface area contributed by atoms with Gasteiger partial charge in [0.05, 0.1) is 47.1 Å². The average Bonchev–Trinajstić information content (AvgIpc) is 3.33. The summed E-state index contributed by atoms with van der Waals surface area (Å²) in [5.41, 5.74) is 1.43. The molecule has 0 saturated carbocycles. The van der Waals surface area contributed by atoms with E-state index in [1.54, 1.807) is 25.3 Å². The third-order valence-corrected chi connectivity index (χ3v) is 13.3. The van der Waals surface area contributed by atoms with Gasteiger partial charge >= 0.3 is 6.18 Å². The second kappa shape index (κ2) is 13.9. The van der Waals surface area contributed by atoms with Gasteiger partial charge < -0.3 is 29.7 Å². The molecular weight excluding hydrogens is 623 g/mol. The minimum absolute atomic E-state index is 0.134. The summed E-state index contributed by atoms with van der Waals surface area (Å²) in [6, 6.07) is 10.7. The van der Waals surface area contributed by atoms with Gasteiger partial charge in [0.2, 0.25) is 0 Å². The molecule has 2 fully saturated rings. The van der Waals surface area contributed by atoms with E-state index in [0.717, 1.165) is 24.7 Å². The summed E-state index contributed by atoms with van der Waals surface area (Å²) in [6.07, 6.45) is -2.88. The summed E-state index contributed by atoms with van der Waals surface area (Å²) in [7, 11) is 5.02. The number of hydrogen-bond donors (Lipinski definition) is 2. The van der Waals surface area contributed by atoms with Crippen LogP contribution in [0.3, 0.4) is 0 Å². The molecule has 0 aliphatic carbocycles. The largest absolute Gasteiger partial charge is 0.495 e. The van der Waals surface area contributed by atoms with Crippen molar-refractivity contribution in [1.82, 2.24) is 9.80 Å². The van der Waals surface area contributed by atoms with Crippen LogP contribution in [-0.2, 0) is 11.0 Å². The van der Waals surface area contributed by atoms with Crippen LogP contribution in [0.25, 0.3) is 10.1 Å². The van der Waals surface area contributed by atoms with Gasteiger partial charge in [-0.2, -0.15) is 13.2 Å². The quantitative estimate of drug-likeness (QED) is 0.160. The monoisotopic (exact) mass is 664 g/mol. The molecule has 2 aliphatic rings. The maximum absolute atomic E-state index is 14.8. The Morgan fingerprint density at radius 3 is 2.56 bits per heavy atom. The molecule has 12 heteroatoms. The van der Waals surface area contributed by atoms with E-state index in [1.165, 1.54) is 11.3 Å². The molecule has 0 bridgehead atoms. The summed E-state index contributed by atoms with van der Waals surface area (Å²) in [4.78, 5) is 4.46. The first-order chi connectivity index (χ1) is 21.4.